The first-order chi connectivity index (χ1) is 15.1. The lowest BCUT2D eigenvalue weighted by Gasteiger charge is -2.37. The molecule has 0 spiro atoms. The maximum atomic E-state index is 14.1. The minimum Gasteiger partial charge on any atom is -0.339 e. The zero-order valence-corrected chi connectivity index (χ0v) is 17.9. The average Bonchev–Trinajstić information content (AvgIpc) is 3.44. The normalized spacial score (nSPS) is 34.1. The van der Waals surface area contributed by atoms with Crippen molar-refractivity contribution in [1.29, 1.82) is 0 Å². The first-order valence-electron chi connectivity index (χ1n) is 11.6. The van der Waals surface area contributed by atoms with Crippen LogP contribution in [0.4, 0.5) is 8.78 Å². The largest absolute Gasteiger partial charge is 0.339 e. The molecule has 4 heterocycles. The molecule has 1 amide bonds. The summed E-state index contributed by atoms with van der Waals surface area (Å²) in [7, 11) is 0. The van der Waals surface area contributed by atoms with E-state index < -0.39 is 17.9 Å². The number of likely N-dealkylation sites (tertiary alicyclic amines) is 2. The first-order valence-corrected chi connectivity index (χ1v) is 11.6. The van der Waals surface area contributed by atoms with Gasteiger partial charge in [-0.05, 0) is 50.1 Å². The van der Waals surface area contributed by atoms with Gasteiger partial charge >= 0.3 is 0 Å². The molecule has 1 N–H and O–H groups in total. The van der Waals surface area contributed by atoms with Crippen LogP contribution < -0.4 is 5.43 Å². The molecule has 31 heavy (non-hydrogen) atoms. The smallest absolute Gasteiger partial charge is 0.255 e. The molecule has 0 bridgehead atoms. The molecule has 4 atom stereocenters. The molecule has 0 radical (unpaired) electrons. The van der Waals surface area contributed by atoms with Crippen LogP contribution in [0.25, 0.3) is 0 Å². The molecule has 4 unspecified atom stereocenters. The van der Waals surface area contributed by atoms with Crippen LogP contribution in [0.3, 0.4) is 0 Å². The molecule has 0 aromatic rings. The Morgan fingerprint density at radius 2 is 2.06 bits per heavy atom. The number of rotatable bonds is 4. The number of alkyl halides is 1. The number of aliphatic imine (C=N–C) groups is 1. The highest BCUT2D eigenvalue weighted by molar-refractivity contribution is 6.00. The topological polar surface area (TPSA) is 60.3 Å². The van der Waals surface area contributed by atoms with Gasteiger partial charge in [0.05, 0.1) is 18.0 Å². The van der Waals surface area contributed by atoms with Crippen LogP contribution in [0, 0.1) is 17.8 Å². The van der Waals surface area contributed by atoms with Crippen molar-refractivity contribution in [3.8, 4) is 0 Å². The highest BCUT2D eigenvalue weighted by atomic mass is 19.1. The Kier molecular flexibility index (Phi) is 5.91. The van der Waals surface area contributed by atoms with Crippen LogP contribution in [0.1, 0.15) is 32.1 Å². The van der Waals surface area contributed by atoms with E-state index in [0.717, 1.165) is 45.4 Å². The average molecular weight is 432 g/mol. The summed E-state index contributed by atoms with van der Waals surface area (Å²) in [5.41, 5.74) is 4.04. The van der Waals surface area contributed by atoms with Gasteiger partial charge in [-0.1, -0.05) is 6.08 Å². The molecule has 0 aromatic carbocycles. The zero-order chi connectivity index (χ0) is 21.4. The number of halogens is 2. The number of carbonyl (C=O) groups excluding carboxylic acids is 1. The van der Waals surface area contributed by atoms with Crippen LogP contribution in [0.15, 0.2) is 33.6 Å². The Bertz CT molecular complexity index is 830. The Hall–Kier alpha value is -2.09. The second-order valence-corrected chi connectivity index (χ2v) is 9.50. The van der Waals surface area contributed by atoms with Gasteiger partial charge in [0.25, 0.3) is 5.91 Å². The van der Waals surface area contributed by atoms with Gasteiger partial charge in [0.15, 0.2) is 0 Å². The molecular formula is C23H31F2N5O. The van der Waals surface area contributed by atoms with Crippen LogP contribution in [-0.2, 0) is 4.79 Å². The number of piperidine rings is 1. The van der Waals surface area contributed by atoms with Gasteiger partial charge in [0.1, 0.15) is 12.0 Å². The number of hydrogen-bond acceptors (Lipinski definition) is 5. The molecule has 1 aliphatic carbocycles. The van der Waals surface area contributed by atoms with Crippen molar-refractivity contribution in [1.82, 2.24) is 15.2 Å². The molecule has 5 rings (SSSR count). The Labute approximate surface area is 182 Å². The van der Waals surface area contributed by atoms with Crippen molar-refractivity contribution < 1.29 is 13.6 Å². The third-order valence-electron chi connectivity index (χ3n) is 7.64. The number of nitrogens with zero attached hydrogens (tertiary/aromatic N) is 4. The van der Waals surface area contributed by atoms with E-state index in [0.29, 0.717) is 36.9 Å². The van der Waals surface area contributed by atoms with E-state index >= 15 is 0 Å². The fourth-order valence-electron chi connectivity index (χ4n) is 5.79. The summed E-state index contributed by atoms with van der Waals surface area (Å²) in [6, 6.07) is 0.523. The van der Waals surface area contributed by atoms with E-state index in [1.165, 1.54) is 24.3 Å². The summed E-state index contributed by atoms with van der Waals surface area (Å²) in [5.74, 6) is 0.379. The van der Waals surface area contributed by atoms with Crippen molar-refractivity contribution >= 4 is 17.8 Å². The predicted molar refractivity (Wildman–Crippen MR) is 116 cm³/mol. The summed E-state index contributed by atoms with van der Waals surface area (Å²) in [6.45, 7) is 5.05. The number of carbonyl (C=O) groups is 1. The molecule has 2 saturated heterocycles. The third kappa shape index (κ3) is 4.19. The Balaban J connectivity index is 1.13. The second-order valence-electron chi connectivity index (χ2n) is 9.50. The minimum atomic E-state index is -1.53. The summed E-state index contributed by atoms with van der Waals surface area (Å²) >= 11 is 0. The quantitative estimate of drug-likeness (QED) is 0.744. The van der Waals surface area contributed by atoms with Crippen molar-refractivity contribution in [3.05, 3.63) is 23.6 Å². The first kappa shape index (κ1) is 20.8. The summed E-state index contributed by atoms with van der Waals surface area (Å²) in [4.78, 5) is 21.8. The lowest BCUT2D eigenvalue weighted by molar-refractivity contribution is -0.129. The Morgan fingerprint density at radius 3 is 2.81 bits per heavy atom. The zero-order valence-electron chi connectivity index (χ0n) is 17.9. The number of allylic oxidation sites excluding steroid dienone is 3. The van der Waals surface area contributed by atoms with Crippen molar-refractivity contribution in [2.24, 2.45) is 27.8 Å². The van der Waals surface area contributed by atoms with Crippen LogP contribution >= 0.6 is 0 Å². The van der Waals surface area contributed by atoms with Crippen LogP contribution in [0.5, 0.6) is 0 Å². The van der Waals surface area contributed by atoms with Gasteiger partial charge < -0.3 is 10.3 Å². The molecule has 0 saturated carbocycles. The van der Waals surface area contributed by atoms with E-state index in [2.05, 4.69) is 15.4 Å². The van der Waals surface area contributed by atoms with Gasteiger partial charge in [-0.15, -0.1) is 0 Å². The molecule has 6 nitrogen and oxygen atoms in total. The summed E-state index contributed by atoms with van der Waals surface area (Å²) < 4.78 is 28.1. The van der Waals surface area contributed by atoms with Gasteiger partial charge in [-0.25, -0.2) is 8.78 Å². The maximum Gasteiger partial charge on any atom is 0.255 e. The Morgan fingerprint density at radius 1 is 1.23 bits per heavy atom. The summed E-state index contributed by atoms with van der Waals surface area (Å²) in [6.07, 6.45) is 7.27. The van der Waals surface area contributed by atoms with E-state index in [1.807, 2.05) is 6.21 Å². The summed E-state index contributed by atoms with van der Waals surface area (Å²) in [5, 5.41) is 4.13. The second kappa shape index (κ2) is 8.81. The molecule has 168 valence electrons. The highest BCUT2D eigenvalue weighted by Gasteiger charge is 2.40. The lowest BCUT2D eigenvalue weighted by Crippen LogP contribution is -2.46. The molecule has 0 aromatic heterocycles. The lowest BCUT2D eigenvalue weighted by atomic mass is 9.86. The van der Waals surface area contributed by atoms with Crippen LogP contribution in [-0.4, -0.2) is 79.1 Å². The SMILES string of the molecule is O=C(C1=C(F)C=CCC1F)N1CCC(CN2CCC3CC(C4C=NNC4)=NCC32)CC1. The number of amides is 1. The highest BCUT2D eigenvalue weighted by Crippen LogP contribution is 2.34. The van der Waals surface area contributed by atoms with Crippen molar-refractivity contribution in [2.75, 3.05) is 39.3 Å². The standard InChI is InChI=1S/C23H31F2N5O/c24-18-2-1-3-19(25)22(18)23(31)29-7-4-15(5-8-29)14-30-9-6-16-10-20(26-13-21(16)30)17-11-27-28-12-17/h1-2,11,15-17,19,21,28H,3-10,12-14H2. The minimum absolute atomic E-state index is 0.0801. The van der Waals surface area contributed by atoms with Gasteiger partial charge in [-0.3, -0.25) is 14.7 Å². The molecular weight excluding hydrogens is 400 g/mol. The fraction of sp³-hybridized carbons (Fsp3) is 0.696. The number of fused-ring (bicyclic) bond motifs is 1. The molecule has 4 aliphatic heterocycles. The number of nitrogens with one attached hydrogen (secondary N) is 1. The number of hydrogen-bond donors (Lipinski definition) is 1. The fourth-order valence-corrected chi connectivity index (χ4v) is 5.79. The van der Waals surface area contributed by atoms with Crippen molar-refractivity contribution in [3.63, 3.8) is 0 Å². The molecule has 5 aliphatic rings. The van der Waals surface area contributed by atoms with E-state index in [-0.39, 0.29) is 12.0 Å². The molecule has 2 fully saturated rings. The number of hydrazone groups is 1. The molecule has 8 heteroatoms. The van der Waals surface area contributed by atoms with Gasteiger partial charge in [-0.2, -0.15) is 5.10 Å². The predicted octanol–water partition coefficient (Wildman–Crippen LogP) is 2.49. The maximum absolute atomic E-state index is 14.1. The third-order valence-corrected chi connectivity index (χ3v) is 7.64. The van der Waals surface area contributed by atoms with E-state index in [1.54, 1.807) is 4.90 Å². The van der Waals surface area contributed by atoms with E-state index in [4.69, 9.17) is 4.99 Å². The van der Waals surface area contributed by atoms with Gasteiger partial charge in [0, 0.05) is 50.6 Å². The van der Waals surface area contributed by atoms with E-state index in [9.17, 15) is 13.6 Å². The monoisotopic (exact) mass is 431 g/mol. The van der Waals surface area contributed by atoms with Gasteiger partial charge in [0.2, 0.25) is 0 Å². The van der Waals surface area contributed by atoms with Crippen molar-refractivity contribution in [2.45, 2.75) is 44.3 Å². The van der Waals surface area contributed by atoms with Crippen LogP contribution in [0.2, 0.25) is 0 Å².